The van der Waals surface area contributed by atoms with Gasteiger partial charge in [0, 0.05) is 23.3 Å². The lowest BCUT2D eigenvalue weighted by Crippen LogP contribution is -2.13. The third kappa shape index (κ3) is 3.44. The minimum Gasteiger partial charge on any atom is -0.490 e. The van der Waals surface area contributed by atoms with Crippen LogP contribution in [0.15, 0.2) is 30.8 Å². The summed E-state index contributed by atoms with van der Waals surface area (Å²) in [6, 6.07) is 7.55. The van der Waals surface area contributed by atoms with Crippen molar-refractivity contribution in [2.75, 3.05) is 13.6 Å². The lowest BCUT2D eigenvalue weighted by molar-refractivity contribution is -0.0165. The van der Waals surface area contributed by atoms with Gasteiger partial charge in [0.15, 0.2) is 18.3 Å². The molecule has 0 N–H and O–H groups in total. The van der Waals surface area contributed by atoms with Gasteiger partial charge in [-0.2, -0.15) is 0 Å². The summed E-state index contributed by atoms with van der Waals surface area (Å²) in [6.45, 7) is 8.74. The molecule has 2 aromatic carbocycles. The van der Waals surface area contributed by atoms with E-state index in [1.54, 1.807) is 6.08 Å². The molecule has 0 amide bonds. The Hall–Kier alpha value is -3.10. The highest BCUT2D eigenvalue weighted by Crippen LogP contribution is 2.38. The Bertz CT molecular complexity index is 949. The molecular formula is C22H20O5. The molecule has 0 saturated heterocycles. The summed E-state index contributed by atoms with van der Waals surface area (Å²) in [5.74, 6) is 9.27. The molecule has 27 heavy (non-hydrogen) atoms. The van der Waals surface area contributed by atoms with Crippen molar-refractivity contribution in [3.63, 3.8) is 0 Å². The fraction of sp³-hybridized carbons (Fsp3) is 0.273. The summed E-state index contributed by atoms with van der Waals surface area (Å²) < 4.78 is 27.9. The molecule has 5 heteroatoms. The molecule has 0 radical (unpaired) electrons. The minimum atomic E-state index is 0.0148. The Morgan fingerprint density at radius 3 is 2.59 bits per heavy atom. The lowest BCUT2D eigenvalue weighted by Gasteiger charge is -2.20. The van der Waals surface area contributed by atoms with Gasteiger partial charge in [-0.3, -0.25) is 0 Å². The summed E-state index contributed by atoms with van der Waals surface area (Å²) in [6.07, 6.45) is 1.80. The number of hydrogen-bond donors (Lipinski definition) is 0. The Kier molecular flexibility index (Phi) is 4.66. The fourth-order valence-electron chi connectivity index (χ4n) is 2.99. The first-order chi connectivity index (χ1) is 13.2. The SMILES string of the molecule is C=Cc1ccc2c(c1C#Cc1cc3c(cc1OC(C)C)OCO3)COCO2. The van der Waals surface area contributed by atoms with Crippen molar-refractivity contribution < 1.29 is 23.7 Å². The van der Waals surface area contributed by atoms with Crippen LogP contribution >= 0.6 is 0 Å². The number of rotatable bonds is 3. The van der Waals surface area contributed by atoms with E-state index in [1.807, 2.05) is 38.1 Å². The average molecular weight is 364 g/mol. The van der Waals surface area contributed by atoms with Gasteiger partial charge >= 0.3 is 0 Å². The predicted molar refractivity (Wildman–Crippen MR) is 101 cm³/mol. The van der Waals surface area contributed by atoms with Gasteiger partial charge in [-0.15, -0.1) is 0 Å². The van der Waals surface area contributed by atoms with Crippen molar-refractivity contribution in [3.8, 4) is 34.8 Å². The highest BCUT2D eigenvalue weighted by molar-refractivity contribution is 5.66. The molecule has 2 aliphatic rings. The monoisotopic (exact) mass is 364 g/mol. The largest absolute Gasteiger partial charge is 0.490 e. The molecule has 0 atom stereocenters. The Labute approximate surface area is 158 Å². The van der Waals surface area contributed by atoms with Crippen LogP contribution in [0.2, 0.25) is 0 Å². The van der Waals surface area contributed by atoms with Gasteiger partial charge in [-0.1, -0.05) is 30.6 Å². The highest BCUT2D eigenvalue weighted by atomic mass is 16.7. The van der Waals surface area contributed by atoms with Crippen LogP contribution in [-0.4, -0.2) is 19.7 Å². The second-order valence-electron chi connectivity index (χ2n) is 6.44. The van der Waals surface area contributed by atoms with Gasteiger partial charge in [-0.25, -0.2) is 0 Å². The van der Waals surface area contributed by atoms with E-state index in [2.05, 4.69) is 18.4 Å². The van der Waals surface area contributed by atoms with Gasteiger partial charge in [-0.05, 0) is 25.5 Å². The second kappa shape index (κ2) is 7.26. The zero-order chi connectivity index (χ0) is 18.8. The topological polar surface area (TPSA) is 46.2 Å². The maximum atomic E-state index is 5.92. The summed E-state index contributed by atoms with van der Waals surface area (Å²) in [5, 5.41) is 0. The molecule has 2 aliphatic heterocycles. The first-order valence-corrected chi connectivity index (χ1v) is 8.77. The smallest absolute Gasteiger partial charge is 0.231 e. The van der Waals surface area contributed by atoms with Crippen molar-refractivity contribution in [2.24, 2.45) is 0 Å². The van der Waals surface area contributed by atoms with Crippen LogP contribution in [0.5, 0.6) is 23.0 Å². The molecule has 0 aromatic heterocycles. The second-order valence-corrected chi connectivity index (χ2v) is 6.44. The molecule has 0 fully saturated rings. The molecule has 0 spiro atoms. The molecule has 5 nitrogen and oxygen atoms in total. The lowest BCUT2D eigenvalue weighted by atomic mass is 9.99. The van der Waals surface area contributed by atoms with Crippen LogP contribution in [0.3, 0.4) is 0 Å². The quantitative estimate of drug-likeness (QED) is 0.767. The molecule has 4 rings (SSSR count). The molecule has 0 aliphatic carbocycles. The van der Waals surface area contributed by atoms with Gasteiger partial charge in [0.05, 0.1) is 18.3 Å². The van der Waals surface area contributed by atoms with Crippen molar-refractivity contribution in [2.45, 2.75) is 26.6 Å². The van der Waals surface area contributed by atoms with E-state index < -0.39 is 0 Å². The van der Waals surface area contributed by atoms with Crippen molar-refractivity contribution in [1.82, 2.24) is 0 Å². The summed E-state index contributed by atoms with van der Waals surface area (Å²) in [7, 11) is 0. The van der Waals surface area contributed by atoms with E-state index in [0.29, 0.717) is 23.9 Å². The zero-order valence-corrected chi connectivity index (χ0v) is 15.3. The van der Waals surface area contributed by atoms with Gasteiger partial charge in [0.2, 0.25) is 6.79 Å². The summed E-state index contributed by atoms with van der Waals surface area (Å²) in [4.78, 5) is 0. The number of fused-ring (bicyclic) bond motifs is 2. The Balaban J connectivity index is 1.80. The molecule has 0 bridgehead atoms. The Morgan fingerprint density at radius 1 is 1.04 bits per heavy atom. The van der Waals surface area contributed by atoms with Crippen LogP contribution < -0.4 is 18.9 Å². The highest BCUT2D eigenvalue weighted by Gasteiger charge is 2.19. The Morgan fingerprint density at radius 2 is 1.81 bits per heavy atom. The molecule has 0 unspecified atom stereocenters. The fourth-order valence-corrected chi connectivity index (χ4v) is 2.99. The van der Waals surface area contributed by atoms with E-state index in [0.717, 1.165) is 28.0 Å². The van der Waals surface area contributed by atoms with E-state index >= 15 is 0 Å². The van der Waals surface area contributed by atoms with Gasteiger partial charge in [0.25, 0.3) is 0 Å². The van der Waals surface area contributed by atoms with Crippen molar-refractivity contribution in [1.29, 1.82) is 0 Å². The van der Waals surface area contributed by atoms with Crippen LogP contribution in [0.4, 0.5) is 0 Å². The van der Waals surface area contributed by atoms with Crippen LogP contribution in [0, 0.1) is 11.8 Å². The molecule has 0 saturated carbocycles. The van der Waals surface area contributed by atoms with Crippen LogP contribution in [0.25, 0.3) is 6.08 Å². The zero-order valence-electron chi connectivity index (χ0n) is 15.3. The standard InChI is InChI=1S/C22H20O5/c1-4-15-6-8-19-18(11-23-12-24-19)17(15)7-5-16-9-21-22(26-13-25-21)10-20(16)27-14(2)3/h4,6,8-10,14H,1,11-13H2,2-3H3. The van der Waals surface area contributed by atoms with Crippen molar-refractivity contribution in [3.05, 3.63) is 53.1 Å². The van der Waals surface area contributed by atoms with E-state index in [-0.39, 0.29) is 19.7 Å². The predicted octanol–water partition coefficient (Wildman–Crippen LogP) is 4.11. The van der Waals surface area contributed by atoms with E-state index in [4.69, 9.17) is 23.7 Å². The molecular weight excluding hydrogens is 344 g/mol. The third-order valence-electron chi connectivity index (χ3n) is 4.23. The molecule has 138 valence electrons. The molecule has 2 aromatic rings. The van der Waals surface area contributed by atoms with Crippen LogP contribution in [-0.2, 0) is 11.3 Å². The normalized spacial score (nSPS) is 14.0. The van der Waals surface area contributed by atoms with E-state index in [9.17, 15) is 0 Å². The first-order valence-electron chi connectivity index (χ1n) is 8.77. The minimum absolute atomic E-state index is 0.0148. The summed E-state index contributed by atoms with van der Waals surface area (Å²) in [5.41, 5.74) is 3.44. The van der Waals surface area contributed by atoms with Gasteiger partial charge < -0.3 is 23.7 Å². The maximum Gasteiger partial charge on any atom is 0.231 e. The number of benzene rings is 2. The third-order valence-corrected chi connectivity index (χ3v) is 4.23. The van der Waals surface area contributed by atoms with Crippen molar-refractivity contribution >= 4 is 6.08 Å². The van der Waals surface area contributed by atoms with Gasteiger partial charge in [0.1, 0.15) is 11.5 Å². The number of ether oxygens (including phenoxy) is 5. The van der Waals surface area contributed by atoms with Crippen LogP contribution in [0.1, 0.15) is 36.1 Å². The summed E-state index contributed by atoms with van der Waals surface area (Å²) >= 11 is 0. The van der Waals surface area contributed by atoms with E-state index in [1.165, 1.54) is 0 Å². The number of hydrogen-bond acceptors (Lipinski definition) is 5. The molecule has 2 heterocycles. The average Bonchev–Trinajstić information content (AvgIpc) is 3.12. The maximum absolute atomic E-state index is 5.92. The first kappa shape index (κ1) is 17.3.